The van der Waals surface area contributed by atoms with Gasteiger partial charge in [-0.05, 0) is 18.6 Å². The quantitative estimate of drug-likeness (QED) is 0.826. The Morgan fingerprint density at radius 2 is 1.83 bits per heavy atom. The molecule has 1 aromatic carbocycles. The third-order valence-electron chi connectivity index (χ3n) is 3.55. The fourth-order valence-electron chi connectivity index (χ4n) is 2.16. The molecule has 24 heavy (non-hydrogen) atoms. The van der Waals surface area contributed by atoms with Crippen molar-refractivity contribution >= 4 is 5.91 Å². The van der Waals surface area contributed by atoms with E-state index in [1.165, 1.54) is 31.2 Å². The van der Waals surface area contributed by atoms with Crippen molar-refractivity contribution < 1.29 is 14.3 Å². The summed E-state index contributed by atoms with van der Waals surface area (Å²) in [5.41, 5.74) is 1.06. The Morgan fingerprint density at radius 1 is 1.17 bits per heavy atom. The molecule has 0 aliphatic heterocycles. The molecule has 0 aliphatic rings. The molecule has 1 amide bonds. The van der Waals surface area contributed by atoms with Crippen LogP contribution in [0.2, 0.25) is 0 Å². The molecule has 1 heterocycles. The first-order valence-corrected chi connectivity index (χ1v) is 7.64. The Morgan fingerprint density at radius 3 is 2.38 bits per heavy atom. The Bertz CT molecular complexity index is 748. The first-order chi connectivity index (χ1) is 11.6. The zero-order valence-corrected chi connectivity index (χ0v) is 14.0. The van der Waals surface area contributed by atoms with Crippen LogP contribution in [-0.4, -0.2) is 36.2 Å². The maximum atomic E-state index is 12.2. The number of methoxy groups -OCH3 is 2. The Hall–Kier alpha value is -2.83. The minimum atomic E-state index is -0.265. The van der Waals surface area contributed by atoms with Crippen LogP contribution in [-0.2, 0) is 13.0 Å². The first-order valence-electron chi connectivity index (χ1n) is 7.64. The lowest BCUT2D eigenvalue weighted by molar-refractivity contribution is 0.0951. The van der Waals surface area contributed by atoms with Crippen molar-refractivity contribution in [2.24, 2.45) is 0 Å². The second kappa shape index (κ2) is 8.14. The third-order valence-corrected chi connectivity index (χ3v) is 3.55. The van der Waals surface area contributed by atoms with Gasteiger partial charge in [-0.15, -0.1) is 0 Å². The summed E-state index contributed by atoms with van der Waals surface area (Å²) in [6.07, 6.45) is 2.21. The molecule has 0 radical (unpaired) electrons. The molecule has 1 aromatic heterocycles. The number of ether oxygens (including phenoxy) is 2. The van der Waals surface area contributed by atoms with E-state index in [9.17, 15) is 9.59 Å². The van der Waals surface area contributed by atoms with Gasteiger partial charge in [0.2, 0.25) is 0 Å². The predicted octanol–water partition coefficient (Wildman–Crippen LogP) is 1.25. The maximum absolute atomic E-state index is 12.2. The van der Waals surface area contributed by atoms with Crippen molar-refractivity contribution in [3.05, 3.63) is 52.2 Å². The summed E-state index contributed by atoms with van der Waals surface area (Å²) in [5, 5.41) is 2.77. The minimum absolute atomic E-state index is 0.126. The van der Waals surface area contributed by atoms with Gasteiger partial charge in [-0.2, -0.15) is 0 Å². The van der Waals surface area contributed by atoms with E-state index in [4.69, 9.17) is 9.47 Å². The van der Waals surface area contributed by atoms with Crippen molar-refractivity contribution in [3.63, 3.8) is 0 Å². The molecule has 0 saturated carbocycles. The lowest BCUT2D eigenvalue weighted by Gasteiger charge is -2.10. The van der Waals surface area contributed by atoms with Crippen LogP contribution in [0, 0.1) is 0 Å². The smallest absolute Gasteiger partial charge is 0.253 e. The lowest BCUT2D eigenvalue weighted by Crippen LogP contribution is -2.31. The van der Waals surface area contributed by atoms with E-state index in [1.807, 2.05) is 6.92 Å². The number of carbonyl (C=O) groups excluding carboxylic acids is 1. The van der Waals surface area contributed by atoms with Gasteiger partial charge < -0.3 is 14.8 Å². The van der Waals surface area contributed by atoms with Crippen LogP contribution in [0.3, 0.4) is 0 Å². The van der Waals surface area contributed by atoms with Gasteiger partial charge in [0.25, 0.3) is 11.5 Å². The van der Waals surface area contributed by atoms with Crippen LogP contribution in [0.4, 0.5) is 0 Å². The molecule has 2 aromatic rings. The van der Waals surface area contributed by atoms with Gasteiger partial charge in [0.1, 0.15) is 11.5 Å². The van der Waals surface area contributed by atoms with E-state index in [0.29, 0.717) is 36.6 Å². The van der Waals surface area contributed by atoms with Crippen molar-refractivity contribution in [1.29, 1.82) is 0 Å². The van der Waals surface area contributed by atoms with E-state index in [1.54, 1.807) is 18.2 Å². The van der Waals surface area contributed by atoms with Crippen LogP contribution < -0.4 is 20.3 Å². The molecule has 7 heteroatoms. The molecule has 7 nitrogen and oxygen atoms in total. The first kappa shape index (κ1) is 17.5. The molecule has 0 spiro atoms. The fraction of sp³-hybridized carbons (Fsp3) is 0.353. The van der Waals surface area contributed by atoms with Gasteiger partial charge >= 0.3 is 0 Å². The summed E-state index contributed by atoms with van der Waals surface area (Å²) in [6, 6.07) is 6.45. The number of rotatable bonds is 7. The molecule has 0 aliphatic carbocycles. The Balaban J connectivity index is 2.00. The van der Waals surface area contributed by atoms with E-state index in [2.05, 4.69) is 10.3 Å². The molecule has 0 atom stereocenters. The molecule has 0 fully saturated rings. The highest BCUT2D eigenvalue weighted by molar-refractivity contribution is 5.95. The predicted molar refractivity (Wildman–Crippen MR) is 89.8 cm³/mol. The van der Waals surface area contributed by atoms with Crippen LogP contribution in [0.1, 0.15) is 23.0 Å². The fourth-order valence-corrected chi connectivity index (χ4v) is 2.16. The van der Waals surface area contributed by atoms with E-state index >= 15 is 0 Å². The highest BCUT2D eigenvalue weighted by Gasteiger charge is 2.09. The number of hydrogen-bond donors (Lipinski definition) is 1. The van der Waals surface area contributed by atoms with Crippen molar-refractivity contribution in [3.8, 4) is 11.5 Å². The summed E-state index contributed by atoms with van der Waals surface area (Å²) >= 11 is 0. The number of benzene rings is 1. The third kappa shape index (κ3) is 4.34. The number of carbonyl (C=O) groups is 1. The van der Waals surface area contributed by atoms with Crippen LogP contribution in [0.5, 0.6) is 11.5 Å². The van der Waals surface area contributed by atoms with E-state index in [0.717, 1.165) is 5.69 Å². The molecular weight excluding hydrogens is 310 g/mol. The summed E-state index contributed by atoms with van der Waals surface area (Å²) < 4.78 is 11.8. The summed E-state index contributed by atoms with van der Waals surface area (Å²) in [6.45, 7) is 2.60. The van der Waals surface area contributed by atoms with Crippen molar-refractivity contribution in [1.82, 2.24) is 14.9 Å². The molecule has 0 saturated heterocycles. The minimum Gasteiger partial charge on any atom is -0.497 e. The van der Waals surface area contributed by atoms with E-state index < -0.39 is 0 Å². The van der Waals surface area contributed by atoms with Crippen LogP contribution >= 0.6 is 0 Å². The van der Waals surface area contributed by atoms with Gasteiger partial charge in [0, 0.05) is 36.5 Å². The monoisotopic (exact) mass is 331 g/mol. The van der Waals surface area contributed by atoms with Gasteiger partial charge in [-0.3, -0.25) is 14.2 Å². The highest BCUT2D eigenvalue weighted by atomic mass is 16.5. The molecule has 128 valence electrons. The second-order valence-electron chi connectivity index (χ2n) is 5.12. The van der Waals surface area contributed by atoms with Gasteiger partial charge in [0.05, 0.1) is 20.5 Å². The van der Waals surface area contributed by atoms with Crippen LogP contribution in [0.25, 0.3) is 0 Å². The molecule has 1 N–H and O–H groups in total. The largest absolute Gasteiger partial charge is 0.497 e. The Labute approximate surface area is 140 Å². The van der Waals surface area contributed by atoms with Gasteiger partial charge in [-0.25, -0.2) is 4.98 Å². The maximum Gasteiger partial charge on any atom is 0.253 e. The zero-order valence-electron chi connectivity index (χ0n) is 14.0. The molecular formula is C17H21N3O4. The number of hydrogen-bond acceptors (Lipinski definition) is 5. The van der Waals surface area contributed by atoms with Gasteiger partial charge in [-0.1, -0.05) is 6.92 Å². The number of amides is 1. The normalized spacial score (nSPS) is 10.3. The topological polar surface area (TPSA) is 82.5 Å². The number of aromatic nitrogens is 2. The standard InChI is InChI=1S/C17H21N3O4/c1-4-13-9-16(21)20(11-19-13)6-5-18-17(22)12-7-14(23-2)10-15(8-12)24-3/h7-11H,4-6H2,1-3H3,(H,18,22). The number of aryl methyl sites for hydroxylation is 1. The average Bonchev–Trinajstić information content (AvgIpc) is 2.62. The Kier molecular flexibility index (Phi) is 5.95. The summed E-state index contributed by atoms with van der Waals surface area (Å²) in [7, 11) is 3.05. The SMILES string of the molecule is CCc1cc(=O)n(CCNC(=O)c2cc(OC)cc(OC)c2)cn1. The second-order valence-corrected chi connectivity index (χ2v) is 5.12. The number of nitrogens with one attached hydrogen (secondary N) is 1. The zero-order chi connectivity index (χ0) is 17.5. The van der Waals surface area contributed by atoms with Gasteiger partial charge in [0.15, 0.2) is 0 Å². The van der Waals surface area contributed by atoms with Crippen molar-refractivity contribution in [2.45, 2.75) is 19.9 Å². The molecule has 0 bridgehead atoms. The van der Waals surface area contributed by atoms with Crippen LogP contribution in [0.15, 0.2) is 35.4 Å². The van der Waals surface area contributed by atoms with Crippen molar-refractivity contribution in [2.75, 3.05) is 20.8 Å². The molecule has 0 unspecified atom stereocenters. The lowest BCUT2D eigenvalue weighted by atomic mass is 10.2. The average molecular weight is 331 g/mol. The summed E-state index contributed by atoms with van der Waals surface area (Å²) in [4.78, 5) is 28.3. The van der Waals surface area contributed by atoms with E-state index in [-0.39, 0.29) is 11.5 Å². The molecule has 2 rings (SSSR count). The highest BCUT2D eigenvalue weighted by Crippen LogP contribution is 2.22. The summed E-state index contributed by atoms with van der Waals surface area (Å²) in [5.74, 6) is 0.809. The number of nitrogens with zero attached hydrogens (tertiary/aromatic N) is 2.